The van der Waals surface area contributed by atoms with Crippen molar-refractivity contribution in [1.29, 1.82) is 0 Å². The Morgan fingerprint density at radius 3 is 1.92 bits per heavy atom. The van der Waals surface area contributed by atoms with Crippen molar-refractivity contribution >= 4 is 0 Å². The number of benzene rings is 1. The second kappa shape index (κ2) is 6.68. The van der Waals surface area contributed by atoms with Gasteiger partial charge in [0.15, 0.2) is 0 Å². The molecule has 2 heteroatoms. The molecular formula is C10H17NO. The number of rotatable bonds is 1. The van der Waals surface area contributed by atoms with Crippen LogP contribution in [0.15, 0.2) is 24.3 Å². The highest BCUT2D eigenvalue weighted by molar-refractivity contribution is 5.25. The minimum Gasteiger partial charge on any atom is -0.412 e. The third kappa shape index (κ3) is 4.74. The molecule has 2 N–H and O–H groups in total. The summed E-state index contributed by atoms with van der Waals surface area (Å²) in [7, 11) is 0. The molecule has 0 aliphatic carbocycles. The van der Waals surface area contributed by atoms with Gasteiger partial charge < -0.3 is 4.84 Å². The zero-order valence-electron chi connectivity index (χ0n) is 8.00. The van der Waals surface area contributed by atoms with E-state index in [0.717, 1.165) is 0 Å². The van der Waals surface area contributed by atoms with Crippen LogP contribution in [0.1, 0.15) is 25.8 Å². The van der Waals surface area contributed by atoms with Crippen LogP contribution in [-0.2, 0) is 0 Å². The third-order valence-electron chi connectivity index (χ3n) is 1.16. The molecule has 0 bridgehead atoms. The first-order valence-electron chi connectivity index (χ1n) is 4.18. The van der Waals surface area contributed by atoms with Crippen molar-refractivity contribution in [2.45, 2.75) is 27.2 Å². The van der Waals surface area contributed by atoms with Crippen molar-refractivity contribution in [1.82, 2.24) is 0 Å². The minimum absolute atomic E-state index is 0.695. The summed E-state index contributed by atoms with van der Waals surface area (Å²) in [6, 6.07) is 7.55. The fourth-order valence-corrected chi connectivity index (χ4v) is 0.617. The lowest BCUT2D eigenvalue weighted by Crippen LogP contribution is -2.00. The van der Waals surface area contributed by atoms with Gasteiger partial charge in [-0.3, -0.25) is 0 Å². The Morgan fingerprint density at radius 1 is 1.17 bits per heavy atom. The van der Waals surface area contributed by atoms with Gasteiger partial charge in [-0.2, -0.15) is 5.90 Å². The Kier molecular flexibility index (Phi) is 6.11. The highest BCUT2D eigenvalue weighted by Crippen LogP contribution is 2.08. The molecule has 0 aliphatic heterocycles. The van der Waals surface area contributed by atoms with Gasteiger partial charge in [-0.15, -0.1) is 0 Å². The summed E-state index contributed by atoms with van der Waals surface area (Å²) >= 11 is 0. The molecule has 0 spiro atoms. The smallest absolute Gasteiger partial charge is 0.146 e. The van der Waals surface area contributed by atoms with Gasteiger partial charge in [-0.05, 0) is 19.1 Å². The Hall–Kier alpha value is -1.02. The van der Waals surface area contributed by atoms with Crippen LogP contribution in [0.5, 0.6) is 5.75 Å². The van der Waals surface area contributed by atoms with Crippen molar-refractivity contribution in [3.8, 4) is 5.75 Å². The largest absolute Gasteiger partial charge is 0.412 e. The summed E-state index contributed by atoms with van der Waals surface area (Å²) < 4.78 is 0. The van der Waals surface area contributed by atoms with Crippen LogP contribution in [0.2, 0.25) is 0 Å². The normalized spacial score (nSPS) is 8.33. The van der Waals surface area contributed by atoms with Crippen molar-refractivity contribution in [3.63, 3.8) is 0 Å². The van der Waals surface area contributed by atoms with E-state index in [1.165, 1.54) is 12.0 Å². The Labute approximate surface area is 74.3 Å². The predicted molar refractivity (Wildman–Crippen MR) is 52.0 cm³/mol. The Bertz CT molecular complexity index is 193. The molecule has 1 aromatic carbocycles. The van der Waals surface area contributed by atoms with Crippen molar-refractivity contribution < 1.29 is 4.84 Å². The lowest BCUT2D eigenvalue weighted by Gasteiger charge is -1.95. The highest BCUT2D eigenvalue weighted by Gasteiger charge is 1.86. The second-order valence-electron chi connectivity index (χ2n) is 2.64. The maximum Gasteiger partial charge on any atom is 0.146 e. The SMILES string of the molecule is CCC.Cc1ccc(ON)cc1. The van der Waals surface area contributed by atoms with Gasteiger partial charge >= 0.3 is 0 Å². The quantitative estimate of drug-likeness (QED) is 0.653. The molecule has 0 fully saturated rings. The molecule has 0 atom stereocenters. The number of hydrogen-bond donors (Lipinski definition) is 1. The number of aryl methyl sites for hydroxylation is 1. The van der Waals surface area contributed by atoms with E-state index >= 15 is 0 Å². The summed E-state index contributed by atoms with van der Waals surface area (Å²) in [6.45, 7) is 6.26. The van der Waals surface area contributed by atoms with Gasteiger partial charge in [-0.25, -0.2) is 0 Å². The predicted octanol–water partition coefficient (Wildman–Crippen LogP) is 2.66. The molecule has 0 aromatic heterocycles. The molecule has 12 heavy (non-hydrogen) atoms. The van der Waals surface area contributed by atoms with Crippen LogP contribution >= 0.6 is 0 Å². The lowest BCUT2D eigenvalue weighted by molar-refractivity contribution is 0.334. The molecular weight excluding hydrogens is 150 g/mol. The van der Waals surface area contributed by atoms with Crippen molar-refractivity contribution in [2.24, 2.45) is 5.90 Å². The summed E-state index contributed by atoms with van der Waals surface area (Å²) in [6.07, 6.45) is 1.25. The monoisotopic (exact) mass is 167 g/mol. The summed E-state index contributed by atoms with van der Waals surface area (Å²) in [5, 5.41) is 0. The van der Waals surface area contributed by atoms with Crippen LogP contribution in [0, 0.1) is 6.92 Å². The summed E-state index contributed by atoms with van der Waals surface area (Å²) in [5.74, 6) is 5.59. The van der Waals surface area contributed by atoms with Gasteiger partial charge in [0.2, 0.25) is 0 Å². The molecule has 1 aromatic rings. The number of hydrogen-bond acceptors (Lipinski definition) is 2. The van der Waals surface area contributed by atoms with Crippen LogP contribution in [0.25, 0.3) is 0 Å². The van der Waals surface area contributed by atoms with E-state index in [-0.39, 0.29) is 0 Å². The standard InChI is InChI=1S/C7H9NO.C3H8/c1-6-2-4-7(9-8)5-3-6;1-3-2/h2-5H,8H2,1H3;3H2,1-2H3. The molecule has 0 aliphatic rings. The second-order valence-corrected chi connectivity index (χ2v) is 2.64. The maximum absolute atomic E-state index is 4.90. The average Bonchev–Trinajstić information content (AvgIpc) is 2.07. The Morgan fingerprint density at radius 2 is 1.58 bits per heavy atom. The first kappa shape index (κ1) is 11.0. The fraction of sp³-hybridized carbons (Fsp3) is 0.400. The molecule has 2 nitrogen and oxygen atoms in total. The van der Waals surface area contributed by atoms with E-state index in [0.29, 0.717) is 5.75 Å². The van der Waals surface area contributed by atoms with Gasteiger partial charge in [0.25, 0.3) is 0 Å². The van der Waals surface area contributed by atoms with Gasteiger partial charge in [-0.1, -0.05) is 38.0 Å². The zero-order chi connectivity index (χ0) is 9.40. The molecule has 1 rings (SSSR count). The van der Waals surface area contributed by atoms with E-state index in [4.69, 9.17) is 5.90 Å². The molecule has 0 amide bonds. The van der Waals surface area contributed by atoms with Gasteiger partial charge in [0.1, 0.15) is 5.75 Å². The fourth-order valence-electron chi connectivity index (χ4n) is 0.617. The molecule has 0 heterocycles. The van der Waals surface area contributed by atoms with Crippen LogP contribution < -0.4 is 10.7 Å². The summed E-state index contributed by atoms with van der Waals surface area (Å²) in [4.78, 5) is 4.47. The van der Waals surface area contributed by atoms with Crippen LogP contribution in [0.3, 0.4) is 0 Å². The molecule has 0 saturated carbocycles. The summed E-state index contributed by atoms with van der Waals surface area (Å²) in [5.41, 5.74) is 1.20. The third-order valence-corrected chi connectivity index (χ3v) is 1.16. The lowest BCUT2D eigenvalue weighted by atomic mass is 10.2. The molecule has 68 valence electrons. The highest BCUT2D eigenvalue weighted by atomic mass is 16.6. The van der Waals surface area contributed by atoms with E-state index in [2.05, 4.69) is 18.7 Å². The number of nitrogens with two attached hydrogens (primary N) is 1. The van der Waals surface area contributed by atoms with Crippen molar-refractivity contribution in [2.75, 3.05) is 0 Å². The first-order valence-corrected chi connectivity index (χ1v) is 4.18. The van der Waals surface area contributed by atoms with Crippen LogP contribution in [-0.4, -0.2) is 0 Å². The average molecular weight is 167 g/mol. The molecule has 0 radical (unpaired) electrons. The van der Waals surface area contributed by atoms with E-state index in [1.807, 2.05) is 31.2 Å². The van der Waals surface area contributed by atoms with E-state index in [9.17, 15) is 0 Å². The van der Waals surface area contributed by atoms with Gasteiger partial charge in [0.05, 0.1) is 0 Å². The van der Waals surface area contributed by atoms with E-state index < -0.39 is 0 Å². The maximum atomic E-state index is 4.90. The topological polar surface area (TPSA) is 35.2 Å². The van der Waals surface area contributed by atoms with E-state index in [1.54, 1.807) is 0 Å². The zero-order valence-corrected chi connectivity index (χ0v) is 8.00. The minimum atomic E-state index is 0.695. The Balaban J connectivity index is 0.000000354. The van der Waals surface area contributed by atoms with Crippen molar-refractivity contribution in [3.05, 3.63) is 29.8 Å². The first-order chi connectivity index (χ1) is 5.74. The van der Waals surface area contributed by atoms with Crippen LogP contribution in [0.4, 0.5) is 0 Å². The molecule has 0 saturated heterocycles. The molecule has 0 unspecified atom stereocenters. The van der Waals surface area contributed by atoms with Gasteiger partial charge in [0, 0.05) is 0 Å².